The van der Waals surface area contributed by atoms with Gasteiger partial charge in [0.05, 0.1) is 19.3 Å². The Balaban J connectivity index is 1.62. The first-order chi connectivity index (χ1) is 15.1. The number of aryl methyl sites for hydroxylation is 1. The number of hydrogen-bond donors (Lipinski definition) is 2. The van der Waals surface area contributed by atoms with Crippen molar-refractivity contribution in [1.82, 2.24) is 0 Å². The van der Waals surface area contributed by atoms with Crippen molar-refractivity contribution in [2.24, 2.45) is 0 Å². The Morgan fingerprint density at radius 3 is 2.55 bits per heavy atom. The number of ether oxygens (including phenoxy) is 1. The first kappa shape index (κ1) is 20.7. The summed E-state index contributed by atoms with van der Waals surface area (Å²) in [7, 11) is 1.64. The molecule has 0 aromatic heterocycles. The van der Waals surface area contributed by atoms with Gasteiger partial charge in [-0.05, 0) is 89.9 Å². The highest BCUT2D eigenvalue weighted by atomic mass is 16.5. The Bertz CT molecular complexity index is 1140. The fourth-order valence-electron chi connectivity index (χ4n) is 4.28. The molecule has 1 unspecified atom stereocenters. The van der Waals surface area contributed by atoms with Crippen molar-refractivity contribution in [3.05, 3.63) is 99.6 Å². The lowest BCUT2D eigenvalue weighted by atomic mass is 9.89. The van der Waals surface area contributed by atoms with Gasteiger partial charge in [0.25, 0.3) is 0 Å². The first-order valence-electron chi connectivity index (χ1n) is 10.3. The largest absolute Gasteiger partial charge is 0.497 e. The Hall–Kier alpha value is -3.55. The van der Waals surface area contributed by atoms with Crippen molar-refractivity contribution in [2.75, 3.05) is 7.11 Å². The summed E-state index contributed by atoms with van der Waals surface area (Å²) in [6, 6.07) is 18.8. The van der Waals surface area contributed by atoms with Crippen LogP contribution in [0.15, 0.2) is 60.7 Å². The van der Waals surface area contributed by atoms with Crippen molar-refractivity contribution in [2.45, 2.75) is 31.8 Å². The standard InChI is InChI=1S/C27H24O4/c1-31-25-15-19(13-20(16-25)17-28)14-24-12-11-22-4-2-3-21(26(22)24)8-5-18-6-9-23(10-7-18)27(29)30/h2-4,6-7,9-10,13,15-16,24,28H,11-12,14,17H2,1H3,(H,29,30). The third-order valence-electron chi connectivity index (χ3n) is 5.77. The molecule has 4 heteroatoms. The van der Waals surface area contributed by atoms with E-state index in [0.29, 0.717) is 5.92 Å². The molecular weight excluding hydrogens is 388 g/mol. The van der Waals surface area contributed by atoms with Crippen LogP contribution in [-0.2, 0) is 19.4 Å². The minimum atomic E-state index is -0.940. The number of carboxylic acids is 1. The number of carboxylic acid groups (broad SMARTS) is 1. The lowest BCUT2D eigenvalue weighted by Gasteiger charge is -2.15. The van der Waals surface area contributed by atoms with Crippen LogP contribution >= 0.6 is 0 Å². The summed E-state index contributed by atoms with van der Waals surface area (Å²) in [5.41, 5.74) is 6.70. The van der Waals surface area contributed by atoms with Crippen LogP contribution in [0.4, 0.5) is 0 Å². The van der Waals surface area contributed by atoms with Crippen LogP contribution in [0.1, 0.15) is 56.1 Å². The van der Waals surface area contributed by atoms with E-state index in [1.165, 1.54) is 11.1 Å². The van der Waals surface area contributed by atoms with Gasteiger partial charge in [-0.1, -0.05) is 30.0 Å². The number of benzene rings is 3. The van der Waals surface area contributed by atoms with E-state index in [1.807, 2.05) is 24.3 Å². The third kappa shape index (κ3) is 4.63. The molecule has 2 N–H and O–H groups in total. The third-order valence-corrected chi connectivity index (χ3v) is 5.77. The van der Waals surface area contributed by atoms with Gasteiger partial charge in [-0.2, -0.15) is 0 Å². The molecule has 0 bridgehead atoms. The van der Waals surface area contributed by atoms with Crippen LogP contribution < -0.4 is 4.74 Å². The molecule has 1 aliphatic rings. The molecular formula is C27H24O4. The normalized spacial score (nSPS) is 14.5. The fourth-order valence-corrected chi connectivity index (χ4v) is 4.28. The second-order valence-electron chi connectivity index (χ2n) is 7.80. The quantitative estimate of drug-likeness (QED) is 0.603. The summed E-state index contributed by atoms with van der Waals surface area (Å²) < 4.78 is 5.40. The lowest BCUT2D eigenvalue weighted by Crippen LogP contribution is -2.02. The molecule has 31 heavy (non-hydrogen) atoms. The minimum Gasteiger partial charge on any atom is -0.497 e. The van der Waals surface area contributed by atoms with Gasteiger partial charge in [0.2, 0.25) is 0 Å². The Morgan fingerprint density at radius 2 is 1.84 bits per heavy atom. The number of rotatable bonds is 5. The summed E-state index contributed by atoms with van der Waals surface area (Å²) >= 11 is 0. The van der Waals surface area contributed by atoms with Crippen molar-refractivity contribution >= 4 is 5.97 Å². The van der Waals surface area contributed by atoms with Gasteiger partial charge in [0.15, 0.2) is 0 Å². The predicted octanol–water partition coefficient (Wildman–Crippen LogP) is 4.56. The van der Waals surface area contributed by atoms with E-state index >= 15 is 0 Å². The van der Waals surface area contributed by atoms with Gasteiger partial charge in [-0.25, -0.2) is 4.79 Å². The molecule has 0 saturated carbocycles. The van der Waals surface area contributed by atoms with E-state index in [2.05, 4.69) is 24.0 Å². The Labute approximate surface area is 182 Å². The summed E-state index contributed by atoms with van der Waals surface area (Å²) in [5, 5.41) is 18.6. The maximum absolute atomic E-state index is 11.0. The van der Waals surface area contributed by atoms with Crippen LogP contribution in [0.3, 0.4) is 0 Å². The molecule has 156 valence electrons. The molecule has 0 heterocycles. The summed E-state index contributed by atoms with van der Waals surface area (Å²) in [4.78, 5) is 11.0. The van der Waals surface area contributed by atoms with Gasteiger partial charge >= 0.3 is 5.97 Å². The van der Waals surface area contributed by atoms with Gasteiger partial charge in [-0.3, -0.25) is 0 Å². The molecule has 4 rings (SSSR count). The van der Waals surface area contributed by atoms with E-state index in [1.54, 1.807) is 31.4 Å². The van der Waals surface area contributed by atoms with Crippen molar-refractivity contribution < 1.29 is 19.7 Å². The van der Waals surface area contributed by atoms with Crippen LogP contribution in [-0.4, -0.2) is 23.3 Å². The molecule has 3 aromatic carbocycles. The average Bonchev–Trinajstić information content (AvgIpc) is 3.21. The summed E-state index contributed by atoms with van der Waals surface area (Å²) in [6.45, 7) is -0.0111. The highest BCUT2D eigenvalue weighted by molar-refractivity contribution is 5.87. The van der Waals surface area contributed by atoms with E-state index in [4.69, 9.17) is 9.84 Å². The Morgan fingerprint density at radius 1 is 1.06 bits per heavy atom. The van der Waals surface area contributed by atoms with Gasteiger partial charge < -0.3 is 14.9 Å². The molecule has 1 atom stereocenters. The highest BCUT2D eigenvalue weighted by Gasteiger charge is 2.25. The number of aliphatic hydroxyl groups is 1. The molecule has 0 aliphatic heterocycles. The molecule has 1 aliphatic carbocycles. The van der Waals surface area contributed by atoms with Crippen LogP contribution in [0.5, 0.6) is 5.75 Å². The van der Waals surface area contributed by atoms with E-state index in [0.717, 1.165) is 47.3 Å². The van der Waals surface area contributed by atoms with Crippen molar-refractivity contribution in [3.8, 4) is 17.6 Å². The van der Waals surface area contributed by atoms with E-state index in [9.17, 15) is 9.90 Å². The average molecular weight is 412 g/mol. The monoisotopic (exact) mass is 412 g/mol. The zero-order valence-electron chi connectivity index (χ0n) is 17.4. The summed E-state index contributed by atoms with van der Waals surface area (Å²) in [5.74, 6) is 6.67. The number of fused-ring (bicyclic) bond motifs is 1. The zero-order chi connectivity index (χ0) is 21.8. The van der Waals surface area contributed by atoms with Gasteiger partial charge in [-0.15, -0.1) is 0 Å². The molecule has 0 saturated heterocycles. The molecule has 3 aromatic rings. The second-order valence-corrected chi connectivity index (χ2v) is 7.80. The van der Waals surface area contributed by atoms with Crippen molar-refractivity contribution in [3.63, 3.8) is 0 Å². The molecule has 4 nitrogen and oxygen atoms in total. The van der Waals surface area contributed by atoms with E-state index in [-0.39, 0.29) is 12.2 Å². The molecule has 0 amide bonds. The van der Waals surface area contributed by atoms with Crippen LogP contribution in [0, 0.1) is 11.8 Å². The maximum atomic E-state index is 11.0. The number of methoxy groups -OCH3 is 1. The fraction of sp³-hybridized carbons (Fsp3) is 0.222. The smallest absolute Gasteiger partial charge is 0.335 e. The van der Waals surface area contributed by atoms with E-state index < -0.39 is 5.97 Å². The SMILES string of the molecule is COc1cc(CO)cc(CC2CCc3cccc(C#Cc4ccc(C(=O)O)cc4)c32)c1. The second kappa shape index (κ2) is 9.07. The lowest BCUT2D eigenvalue weighted by molar-refractivity contribution is 0.0697. The number of carbonyl (C=O) groups is 1. The van der Waals surface area contributed by atoms with Crippen LogP contribution in [0.25, 0.3) is 0 Å². The Kier molecular flexibility index (Phi) is 6.06. The highest BCUT2D eigenvalue weighted by Crippen LogP contribution is 2.38. The number of aromatic carboxylic acids is 1. The number of aliphatic hydroxyl groups excluding tert-OH is 1. The minimum absolute atomic E-state index is 0.0111. The molecule has 0 spiro atoms. The van der Waals surface area contributed by atoms with Crippen molar-refractivity contribution in [1.29, 1.82) is 0 Å². The molecule has 0 fully saturated rings. The molecule has 0 radical (unpaired) electrons. The van der Waals surface area contributed by atoms with Crippen LogP contribution in [0.2, 0.25) is 0 Å². The topological polar surface area (TPSA) is 66.8 Å². The predicted molar refractivity (Wildman–Crippen MR) is 120 cm³/mol. The summed E-state index contributed by atoms with van der Waals surface area (Å²) in [6.07, 6.45) is 2.95. The van der Waals surface area contributed by atoms with Gasteiger partial charge in [0, 0.05) is 11.1 Å². The number of hydrogen-bond acceptors (Lipinski definition) is 3. The first-order valence-corrected chi connectivity index (χ1v) is 10.3. The zero-order valence-corrected chi connectivity index (χ0v) is 17.4. The maximum Gasteiger partial charge on any atom is 0.335 e. The van der Waals surface area contributed by atoms with Gasteiger partial charge in [0.1, 0.15) is 5.75 Å².